The number of carbonyl (C=O) groups is 2. The van der Waals surface area contributed by atoms with Crippen molar-refractivity contribution in [3.05, 3.63) is 22.6 Å². The minimum absolute atomic E-state index is 0.0254. The molecule has 1 aliphatic rings. The van der Waals surface area contributed by atoms with Gasteiger partial charge < -0.3 is 23.7 Å². The highest BCUT2D eigenvalue weighted by Crippen LogP contribution is 2.36. The van der Waals surface area contributed by atoms with Gasteiger partial charge >= 0.3 is 24.1 Å². The molecule has 212 valence electrons. The number of hydrogen-bond donors (Lipinski definition) is 0. The van der Waals surface area contributed by atoms with Crippen LogP contribution in [-0.2, 0) is 44.7 Å². The van der Waals surface area contributed by atoms with E-state index in [2.05, 4.69) is 27.1 Å². The average Bonchev–Trinajstić information content (AvgIpc) is 3.46. The first-order chi connectivity index (χ1) is 18.4. The minimum atomic E-state index is -4.59. The predicted molar refractivity (Wildman–Crippen MR) is 134 cm³/mol. The van der Waals surface area contributed by atoms with Gasteiger partial charge in [-0.2, -0.15) is 23.1 Å². The Bertz CT molecular complexity index is 1350. The van der Waals surface area contributed by atoms with Gasteiger partial charge in [-0.1, -0.05) is 13.3 Å². The lowest BCUT2D eigenvalue weighted by Crippen LogP contribution is -2.36. The van der Waals surface area contributed by atoms with Crippen LogP contribution in [0, 0.1) is 5.41 Å². The molecule has 1 aliphatic heterocycles. The third-order valence-electron chi connectivity index (χ3n) is 5.77. The van der Waals surface area contributed by atoms with E-state index in [1.54, 1.807) is 20.8 Å². The first-order valence-corrected chi connectivity index (χ1v) is 13.2. The lowest BCUT2D eigenvalue weighted by atomic mass is 9.98. The summed E-state index contributed by atoms with van der Waals surface area (Å²) in [6.07, 6.45) is -2.96. The van der Waals surface area contributed by atoms with E-state index >= 15 is 0 Å². The van der Waals surface area contributed by atoms with Crippen LogP contribution < -0.4 is 9.64 Å². The zero-order chi connectivity index (χ0) is 28.4. The van der Waals surface area contributed by atoms with Crippen molar-refractivity contribution in [1.82, 2.24) is 24.7 Å². The van der Waals surface area contributed by atoms with Crippen LogP contribution in [0.5, 0.6) is 6.01 Å². The van der Waals surface area contributed by atoms with E-state index < -0.39 is 36.1 Å². The fourth-order valence-electron chi connectivity index (χ4n) is 3.82. The van der Waals surface area contributed by atoms with E-state index in [0.717, 1.165) is 27.7 Å². The standard InChI is InChI=1S/C24H29F3N6O5S/c1-5-6-14-11-15-18(32-8-9-33-16(12-32)30-31-20(33)24(25,26)27)28-22(29-19(15)39-14)36-10-7-17(34)37-13-38-21(35)23(2,3)4/h11H,5-10,12-13H2,1-4H3. The van der Waals surface area contributed by atoms with Crippen LogP contribution in [0.2, 0.25) is 0 Å². The molecule has 0 radical (unpaired) electrons. The molecule has 0 aliphatic carbocycles. The quantitative estimate of drug-likeness (QED) is 0.274. The summed E-state index contributed by atoms with van der Waals surface area (Å²) in [6.45, 7) is 6.89. The van der Waals surface area contributed by atoms with Gasteiger partial charge in [0.25, 0.3) is 0 Å². The summed E-state index contributed by atoms with van der Waals surface area (Å²) < 4.78 is 56.4. The van der Waals surface area contributed by atoms with Crippen LogP contribution in [0.3, 0.4) is 0 Å². The number of rotatable bonds is 9. The van der Waals surface area contributed by atoms with Gasteiger partial charge in [0.1, 0.15) is 17.3 Å². The summed E-state index contributed by atoms with van der Waals surface area (Å²) >= 11 is 1.48. The second-order valence-electron chi connectivity index (χ2n) is 9.94. The van der Waals surface area contributed by atoms with Crippen LogP contribution in [0.1, 0.15) is 57.1 Å². The van der Waals surface area contributed by atoms with E-state index in [1.165, 1.54) is 11.3 Å². The Hall–Kier alpha value is -3.49. The molecule has 4 heterocycles. The Balaban J connectivity index is 1.46. The molecule has 0 fully saturated rings. The van der Waals surface area contributed by atoms with Crippen molar-refractivity contribution in [2.45, 2.75) is 66.2 Å². The van der Waals surface area contributed by atoms with Crippen LogP contribution >= 0.6 is 11.3 Å². The molecule has 15 heteroatoms. The van der Waals surface area contributed by atoms with E-state index in [4.69, 9.17) is 14.2 Å². The molecule has 0 spiro atoms. The number of aromatic nitrogens is 5. The Morgan fingerprint density at radius 3 is 2.56 bits per heavy atom. The van der Waals surface area contributed by atoms with E-state index in [9.17, 15) is 22.8 Å². The van der Waals surface area contributed by atoms with Crippen molar-refractivity contribution in [1.29, 1.82) is 0 Å². The van der Waals surface area contributed by atoms with Gasteiger partial charge in [0, 0.05) is 18.0 Å². The molecular weight excluding hydrogens is 541 g/mol. The van der Waals surface area contributed by atoms with Crippen molar-refractivity contribution in [3.8, 4) is 6.01 Å². The molecule has 0 aromatic carbocycles. The molecule has 0 atom stereocenters. The number of alkyl halides is 3. The highest BCUT2D eigenvalue weighted by atomic mass is 32.1. The van der Waals surface area contributed by atoms with Gasteiger partial charge in [-0.15, -0.1) is 21.5 Å². The van der Waals surface area contributed by atoms with Crippen molar-refractivity contribution < 1.29 is 37.0 Å². The Labute approximate surface area is 226 Å². The van der Waals surface area contributed by atoms with Crippen molar-refractivity contribution in [2.24, 2.45) is 5.41 Å². The van der Waals surface area contributed by atoms with Crippen molar-refractivity contribution in [2.75, 3.05) is 24.8 Å². The number of ether oxygens (including phenoxy) is 3. The number of nitrogens with zero attached hydrogens (tertiary/aromatic N) is 6. The van der Waals surface area contributed by atoms with Gasteiger partial charge in [-0.3, -0.25) is 9.59 Å². The molecule has 11 nitrogen and oxygen atoms in total. The second kappa shape index (κ2) is 11.3. The molecule has 4 rings (SSSR count). The Kier molecular flexibility index (Phi) is 8.28. The maximum absolute atomic E-state index is 13.3. The van der Waals surface area contributed by atoms with Gasteiger partial charge in [0.15, 0.2) is 5.82 Å². The third-order valence-corrected chi connectivity index (χ3v) is 6.85. The number of halogens is 3. The number of thiophene rings is 1. The number of aryl methyl sites for hydroxylation is 1. The molecule has 0 bridgehead atoms. The molecule has 3 aromatic rings. The van der Waals surface area contributed by atoms with Gasteiger partial charge in [-0.05, 0) is 33.3 Å². The SMILES string of the molecule is CCCc1cc2c(N3CCn4c(nnc4C(F)(F)F)C3)nc(OCCC(=O)OCOC(=O)C(C)(C)C)nc2s1. The van der Waals surface area contributed by atoms with Gasteiger partial charge in [-0.25, -0.2) is 0 Å². The van der Waals surface area contributed by atoms with Crippen molar-refractivity contribution >= 4 is 39.3 Å². The Morgan fingerprint density at radius 2 is 1.87 bits per heavy atom. The van der Waals surface area contributed by atoms with Crippen LogP contribution in [0.15, 0.2) is 6.07 Å². The van der Waals surface area contributed by atoms with Crippen LogP contribution in [0.25, 0.3) is 10.2 Å². The number of anilines is 1. The summed E-state index contributed by atoms with van der Waals surface area (Å²) in [5, 5.41) is 7.85. The average molecular weight is 571 g/mol. The summed E-state index contributed by atoms with van der Waals surface area (Å²) in [5.74, 6) is -1.45. The molecule has 0 amide bonds. The number of esters is 2. The fraction of sp³-hybridized carbons (Fsp3) is 0.583. The lowest BCUT2D eigenvalue weighted by Gasteiger charge is -2.29. The maximum Gasteiger partial charge on any atom is 0.451 e. The Morgan fingerprint density at radius 1 is 1.10 bits per heavy atom. The molecule has 39 heavy (non-hydrogen) atoms. The summed E-state index contributed by atoms with van der Waals surface area (Å²) in [7, 11) is 0. The molecular formula is C24H29F3N6O5S. The smallest absolute Gasteiger partial charge is 0.451 e. The lowest BCUT2D eigenvalue weighted by molar-refractivity contribution is -0.173. The second-order valence-corrected chi connectivity index (χ2v) is 11.1. The van der Waals surface area contributed by atoms with Crippen LogP contribution in [-0.4, -0.2) is 56.6 Å². The van der Waals surface area contributed by atoms with Gasteiger partial charge in [0.05, 0.1) is 23.8 Å². The molecule has 0 saturated carbocycles. The maximum atomic E-state index is 13.3. The molecule has 0 N–H and O–H groups in total. The minimum Gasteiger partial charge on any atom is -0.463 e. The van der Waals surface area contributed by atoms with E-state index in [0.29, 0.717) is 10.6 Å². The summed E-state index contributed by atoms with van der Waals surface area (Å²) in [5.41, 5.74) is -0.716. The zero-order valence-corrected chi connectivity index (χ0v) is 22.8. The fourth-order valence-corrected chi connectivity index (χ4v) is 4.94. The van der Waals surface area contributed by atoms with Crippen LogP contribution in [0.4, 0.5) is 19.0 Å². The number of fused-ring (bicyclic) bond motifs is 2. The highest BCUT2D eigenvalue weighted by Gasteiger charge is 2.39. The first-order valence-electron chi connectivity index (χ1n) is 12.4. The van der Waals surface area contributed by atoms with Crippen molar-refractivity contribution in [3.63, 3.8) is 0 Å². The topological polar surface area (TPSA) is 122 Å². The molecule has 0 unspecified atom stereocenters. The highest BCUT2D eigenvalue weighted by molar-refractivity contribution is 7.18. The molecule has 0 saturated heterocycles. The molecule has 3 aromatic heterocycles. The largest absolute Gasteiger partial charge is 0.463 e. The summed E-state index contributed by atoms with van der Waals surface area (Å²) in [6, 6.07) is 2.01. The van der Waals surface area contributed by atoms with E-state index in [-0.39, 0.29) is 44.5 Å². The van der Waals surface area contributed by atoms with E-state index in [1.807, 2.05) is 11.0 Å². The summed E-state index contributed by atoms with van der Waals surface area (Å²) in [4.78, 5) is 36.4. The number of carbonyl (C=O) groups excluding carboxylic acids is 2. The van der Waals surface area contributed by atoms with Gasteiger partial charge in [0.2, 0.25) is 12.6 Å². The monoisotopic (exact) mass is 570 g/mol. The third kappa shape index (κ3) is 6.75. The predicted octanol–water partition coefficient (Wildman–Crippen LogP) is 4.13. The number of hydrogen-bond acceptors (Lipinski definition) is 11. The zero-order valence-electron chi connectivity index (χ0n) is 22.0. The normalized spacial score (nSPS) is 13.9. The first kappa shape index (κ1) is 28.5.